The minimum Gasteiger partial charge on any atom is -0.494 e. The summed E-state index contributed by atoms with van der Waals surface area (Å²) in [4.78, 5) is 24.9. The Bertz CT molecular complexity index is 1220. The molecule has 0 radical (unpaired) electrons. The molecule has 0 spiro atoms. The minimum atomic E-state index is -0.565. The molecular weight excluding hydrogens is 700 g/mol. The SMILES string of the molecule is CCCCCCCCCCCCCCOc1ccc(C(=O)O[C@H](C)COC(=O)CCC/C=C\C[C@@H]2[C@H](/C=C/C[C@H](O)C3(CC)CCC3)[C@H](O)C[C@@H]2Cl)cc1. The Morgan fingerprint density at radius 2 is 1.56 bits per heavy atom. The van der Waals surface area contributed by atoms with E-state index in [2.05, 4.69) is 32.1 Å². The molecule has 6 atom stereocenters. The standard InChI is InChI=1S/C46H73ClO7/c1-4-6-7-8-9-10-11-12-13-14-17-20-33-52-38-29-27-37(28-30-38)45(51)54-36(3)35-53-44(50)26-19-16-15-18-23-39-40(42(48)34-41(39)47)24-21-25-43(49)46(5-2)31-22-32-46/h15,18,21,24,27-30,36,39-43,48-49H,4-14,16-17,19-20,22-23,25-26,31-35H2,1-3H3/b18-15-,24-21+/t36-,39-,40+,41+,42-,43+/m1/s1. The van der Waals surface area contributed by atoms with Crippen molar-refractivity contribution in [3.8, 4) is 5.75 Å². The summed E-state index contributed by atoms with van der Waals surface area (Å²) in [7, 11) is 0. The summed E-state index contributed by atoms with van der Waals surface area (Å²) in [6.07, 6.45) is 30.6. The van der Waals surface area contributed by atoms with Gasteiger partial charge in [0.1, 0.15) is 18.5 Å². The average Bonchev–Trinajstić information content (AvgIpc) is 3.41. The molecule has 0 amide bonds. The number of aliphatic hydroxyl groups is 2. The zero-order valence-corrected chi connectivity index (χ0v) is 34.6. The molecule has 0 bridgehead atoms. The average molecular weight is 774 g/mol. The molecule has 2 saturated carbocycles. The fourth-order valence-corrected chi connectivity index (χ4v) is 8.41. The van der Waals surface area contributed by atoms with E-state index in [-0.39, 0.29) is 47.7 Å². The number of carbonyl (C=O) groups is 2. The van der Waals surface area contributed by atoms with Gasteiger partial charge in [-0.2, -0.15) is 0 Å². The van der Waals surface area contributed by atoms with Crippen LogP contribution in [0.1, 0.15) is 172 Å². The zero-order valence-electron chi connectivity index (χ0n) is 33.9. The molecule has 1 aromatic carbocycles. The Labute approximate surface area is 332 Å². The number of aliphatic hydroxyl groups excluding tert-OH is 2. The van der Waals surface area contributed by atoms with Crippen molar-refractivity contribution >= 4 is 23.5 Å². The Balaban J connectivity index is 1.21. The van der Waals surface area contributed by atoms with Gasteiger partial charge < -0.3 is 24.4 Å². The van der Waals surface area contributed by atoms with Gasteiger partial charge in [0.2, 0.25) is 0 Å². The van der Waals surface area contributed by atoms with E-state index in [0.717, 1.165) is 44.3 Å². The number of hydrogen-bond donors (Lipinski definition) is 2. The van der Waals surface area contributed by atoms with Crippen molar-refractivity contribution in [3.63, 3.8) is 0 Å². The summed E-state index contributed by atoms with van der Waals surface area (Å²) in [5.74, 6) is 0.0643. The molecule has 8 heteroatoms. The van der Waals surface area contributed by atoms with Crippen LogP contribution >= 0.6 is 11.6 Å². The number of hydrogen-bond acceptors (Lipinski definition) is 7. The molecule has 306 valence electrons. The molecule has 54 heavy (non-hydrogen) atoms. The van der Waals surface area contributed by atoms with E-state index in [9.17, 15) is 19.8 Å². The molecule has 0 aliphatic heterocycles. The Kier molecular flexibility index (Phi) is 22.6. The van der Waals surface area contributed by atoms with Crippen LogP contribution in [0, 0.1) is 17.3 Å². The van der Waals surface area contributed by atoms with Crippen LogP contribution in [0.3, 0.4) is 0 Å². The van der Waals surface area contributed by atoms with Crippen molar-refractivity contribution in [2.24, 2.45) is 17.3 Å². The van der Waals surface area contributed by atoms with Gasteiger partial charge in [0.25, 0.3) is 0 Å². The van der Waals surface area contributed by atoms with Gasteiger partial charge in [0.15, 0.2) is 0 Å². The highest BCUT2D eigenvalue weighted by molar-refractivity contribution is 6.21. The zero-order chi connectivity index (χ0) is 39.0. The number of allylic oxidation sites excluding steroid dienone is 2. The molecule has 0 unspecified atom stereocenters. The van der Waals surface area contributed by atoms with E-state index in [1.807, 2.05) is 6.08 Å². The number of ether oxygens (including phenoxy) is 3. The first-order valence-electron chi connectivity index (χ1n) is 21.6. The van der Waals surface area contributed by atoms with Crippen LogP contribution < -0.4 is 4.74 Å². The van der Waals surface area contributed by atoms with Crippen molar-refractivity contribution in [2.75, 3.05) is 13.2 Å². The first kappa shape index (κ1) is 46.0. The molecule has 0 heterocycles. The maximum absolute atomic E-state index is 12.6. The summed E-state index contributed by atoms with van der Waals surface area (Å²) in [5, 5.41) is 21.3. The van der Waals surface area contributed by atoms with Gasteiger partial charge in [-0.05, 0) is 100 Å². The van der Waals surface area contributed by atoms with Gasteiger partial charge in [-0.3, -0.25) is 4.79 Å². The van der Waals surface area contributed by atoms with Gasteiger partial charge in [-0.15, -0.1) is 11.6 Å². The van der Waals surface area contributed by atoms with E-state index in [1.165, 1.54) is 77.0 Å². The van der Waals surface area contributed by atoms with E-state index in [4.69, 9.17) is 25.8 Å². The third-order valence-electron chi connectivity index (χ3n) is 11.8. The number of benzene rings is 1. The van der Waals surface area contributed by atoms with Crippen molar-refractivity contribution in [3.05, 3.63) is 54.1 Å². The molecule has 1 aromatic rings. The highest BCUT2D eigenvalue weighted by Gasteiger charge is 2.42. The number of halogens is 1. The molecule has 0 aromatic heterocycles. The number of rotatable bonds is 29. The lowest BCUT2D eigenvalue weighted by molar-refractivity contribution is -0.146. The quantitative estimate of drug-likeness (QED) is 0.0362. The van der Waals surface area contributed by atoms with Crippen LogP contribution in [0.5, 0.6) is 5.75 Å². The summed E-state index contributed by atoms with van der Waals surface area (Å²) >= 11 is 6.63. The summed E-state index contributed by atoms with van der Waals surface area (Å²) in [6.45, 7) is 6.81. The molecule has 2 fully saturated rings. The van der Waals surface area contributed by atoms with Crippen molar-refractivity contribution < 1.29 is 34.0 Å². The molecule has 3 rings (SSSR count). The van der Waals surface area contributed by atoms with E-state index in [0.29, 0.717) is 31.4 Å². The molecular formula is C46H73ClO7. The molecule has 2 aliphatic rings. The molecule has 0 saturated heterocycles. The highest BCUT2D eigenvalue weighted by Crippen LogP contribution is 2.48. The van der Waals surface area contributed by atoms with Crippen LogP contribution in [0.2, 0.25) is 0 Å². The Morgan fingerprint density at radius 3 is 2.17 bits per heavy atom. The second-order valence-corrected chi connectivity index (χ2v) is 16.6. The normalized spacial score (nSPS) is 22.0. The van der Waals surface area contributed by atoms with E-state index < -0.39 is 18.2 Å². The van der Waals surface area contributed by atoms with Crippen molar-refractivity contribution in [1.82, 2.24) is 0 Å². The molecule has 2 N–H and O–H groups in total. The van der Waals surface area contributed by atoms with E-state index >= 15 is 0 Å². The smallest absolute Gasteiger partial charge is 0.338 e. The van der Waals surface area contributed by atoms with Crippen LogP contribution in [-0.2, 0) is 14.3 Å². The first-order chi connectivity index (χ1) is 26.2. The van der Waals surface area contributed by atoms with Crippen molar-refractivity contribution in [2.45, 2.75) is 186 Å². The van der Waals surface area contributed by atoms with Gasteiger partial charge in [0.05, 0.1) is 24.4 Å². The third kappa shape index (κ3) is 16.8. The Hall–Kier alpha value is -2.35. The fourth-order valence-electron chi connectivity index (χ4n) is 7.96. The second-order valence-electron chi connectivity index (χ2n) is 16.1. The molecule has 2 aliphatic carbocycles. The summed E-state index contributed by atoms with van der Waals surface area (Å²) in [6, 6.07) is 6.99. The summed E-state index contributed by atoms with van der Waals surface area (Å²) < 4.78 is 16.7. The monoisotopic (exact) mass is 773 g/mol. The lowest BCUT2D eigenvalue weighted by atomic mass is 9.63. The maximum Gasteiger partial charge on any atom is 0.338 e. The number of unbranched alkanes of at least 4 members (excludes halogenated alkanes) is 12. The number of carbonyl (C=O) groups excluding carboxylic acids is 2. The van der Waals surface area contributed by atoms with Crippen LogP contribution in [-0.4, -0.2) is 59.1 Å². The van der Waals surface area contributed by atoms with Gasteiger partial charge in [-0.1, -0.05) is 115 Å². The van der Waals surface area contributed by atoms with Crippen LogP contribution in [0.15, 0.2) is 48.6 Å². The highest BCUT2D eigenvalue weighted by atomic mass is 35.5. The lowest BCUT2D eigenvalue weighted by Crippen LogP contribution is -2.40. The Morgan fingerprint density at radius 1 is 0.907 bits per heavy atom. The predicted molar refractivity (Wildman–Crippen MR) is 220 cm³/mol. The fraction of sp³-hybridized carbons (Fsp3) is 0.739. The van der Waals surface area contributed by atoms with Crippen molar-refractivity contribution in [1.29, 1.82) is 0 Å². The van der Waals surface area contributed by atoms with Gasteiger partial charge >= 0.3 is 11.9 Å². The van der Waals surface area contributed by atoms with Crippen LogP contribution in [0.4, 0.5) is 0 Å². The second kappa shape index (κ2) is 26.5. The third-order valence-corrected chi connectivity index (χ3v) is 12.3. The topological polar surface area (TPSA) is 102 Å². The largest absolute Gasteiger partial charge is 0.494 e. The first-order valence-corrected chi connectivity index (χ1v) is 22.0. The van der Waals surface area contributed by atoms with Gasteiger partial charge in [0, 0.05) is 17.7 Å². The van der Waals surface area contributed by atoms with Gasteiger partial charge in [-0.25, -0.2) is 4.79 Å². The number of esters is 2. The number of alkyl halides is 1. The molecule has 7 nitrogen and oxygen atoms in total. The lowest BCUT2D eigenvalue weighted by Gasteiger charge is -2.45. The predicted octanol–water partition coefficient (Wildman–Crippen LogP) is 11.5. The minimum absolute atomic E-state index is 0.00708. The van der Waals surface area contributed by atoms with Crippen LogP contribution in [0.25, 0.3) is 0 Å². The van der Waals surface area contributed by atoms with E-state index in [1.54, 1.807) is 31.2 Å². The summed E-state index contributed by atoms with van der Waals surface area (Å²) in [5.41, 5.74) is 0.502. The maximum atomic E-state index is 12.6.